The number of carbonyl (C=O) groups is 1. The molecule has 1 N–H and O–H groups in total. The number of carbonyl (C=O) groups excluding carboxylic acids is 1. The van der Waals surface area contributed by atoms with Crippen LogP contribution in [0.3, 0.4) is 0 Å². The van der Waals surface area contributed by atoms with Crippen LogP contribution >= 0.6 is 0 Å². The second-order valence-electron chi connectivity index (χ2n) is 6.11. The van der Waals surface area contributed by atoms with Crippen LogP contribution in [-0.4, -0.2) is 25.1 Å². The van der Waals surface area contributed by atoms with Crippen LogP contribution < -0.4 is 4.74 Å². The van der Waals surface area contributed by atoms with Crippen LogP contribution in [0.25, 0.3) is 16.7 Å². The van der Waals surface area contributed by atoms with E-state index in [1.807, 2.05) is 40.0 Å². The molecule has 0 aliphatic heterocycles. The summed E-state index contributed by atoms with van der Waals surface area (Å²) in [6.45, 7) is 9.16. The lowest BCUT2D eigenvalue weighted by Gasteiger charge is -2.04. The minimum Gasteiger partial charge on any atom is -0.506 e. The monoisotopic (exact) mass is 323 g/mol. The summed E-state index contributed by atoms with van der Waals surface area (Å²) in [5.41, 5.74) is 5.13. The molecule has 0 saturated carbocycles. The zero-order valence-corrected chi connectivity index (χ0v) is 13.7. The number of aryl methyl sites for hydroxylation is 2. The van der Waals surface area contributed by atoms with Crippen LogP contribution in [0.4, 0.5) is 0 Å². The molecule has 0 bridgehead atoms. The molecule has 4 rings (SSSR count). The summed E-state index contributed by atoms with van der Waals surface area (Å²) in [7, 11) is 0. The van der Waals surface area contributed by atoms with Gasteiger partial charge in [-0.25, -0.2) is 4.79 Å². The Morgan fingerprint density at radius 2 is 1.75 bits per heavy atom. The average molecular weight is 323 g/mol. The minimum atomic E-state index is -0.444. The summed E-state index contributed by atoms with van der Waals surface area (Å²) in [4.78, 5) is 13.5. The molecule has 0 amide bonds. The van der Waals surface area contributed by atoms with Crippen LogP contribution in [0.1, 0.15) is 18.1 Å². The zero-order valence-electron chi connectivity index (χ0n) is 13.7. The maximum atomic E-state index is 11.6. The number of aromatic hydroxyl groups is 1. The highest BCUT2D eigenvalue weighted by molar-refractivity contribution is 5.90. The number of esters is 1. The largest absolute Gasteiger partial charge is 0.506 e. The van der Waals surface area contributed by atoms with E-state index in [-0.39, 0.29) is 5.75 Å². The molecule has 0 fully saturated rings. The van der Waals surface area contributed by atoms with Crippen LogP contribution in [-0.2, 0) is 4.79 Å². The third-order valence-electron chi connectivity index (χ3n) is 4.25. The fourth-order valence-electron chi connectivity index (χ4n) is 2.73. The normalized spacial score (nSPS) is 11.6. The molecule has 0 aliphatic rings. The van der Waals surface area contributed by atoms with E-state index >= 15 is 0 Å². The number of hydrogen-bond acceptors (Lipinski definition) is 3. The van der Waals surface area contributed by atoms with E-state index in [1.54, 1.807) is 25.1 Å². The first-order valence-corrected chi connectivity index (χ1v) is 7.60. The van der Waals surface area contributed by atoms with Gasteiger partial charge < -0.3 is 9.84 Å². The molecule has 2 aromatic carbocycles. The van der Waals surface area contributed by atoms with Crippen molar-refractivity contribution in [3.8, 4) is 17.2 Å². The maximum Gasteiger partial charge on any atom is 0.338 e. The van der Waals surface area contributed by atoms with Crippen molar-refractivity contribution in [2.45, 2.75) is 20.8 Å². The van der Waals surface area contributed by atoms with E-state index in [1.165, 1.54) is 0 Å². The molecular weight excluding hydrogens is 306 g/mol. The SMILES string of the molecule is C=C(C)C(=O)Oc1ccc2c(c1)n1n(-c3cc(C)c(C)cc3O)n21. The Kier molecular flexibility index (Phi) is 2.81. The van der Waals surface area contributed by atoms with E-state index in [2.05, 4.69) is 6.58 Å². The lowest BCUT2D eigenvalue weighted by molar-refractivity contribution is -0.130. The van der Waals surface area contributed by atoms with Crippen molar-refractivity contribution in [3.05, 3.63) is 53.6 Å². The van der Waals surface area contributed by atoms with Gasteiger partial charge in [0.15, 0.2) is 0 Å². The van der Waals surface area contributed by atoms with Crippen molar-refractivity contribution in [1.29, 1.82) is 0 Å². The van der Waals surface area contributed by atoms with Gasteiger partial charge in [0.05, 0.1) is 0 Å². The number of phenols is 1. The molecule has 4 aromatic rings. The van der Waals surface area contributed by atoms with Crippen molar-refractivity contribution >= 4 is 17.0 Å². The lowest BCUT2D eigenvalue weighted by Crippen LogP contribution is -2.08. The van der Waals surface area contributed by atoms with Crippen molar-refractivity contribution in [1.82, 2.24) is 14.1 Å². The first-order chi connectivity index (χ1) is 11.4. The van der Waals surface area contributed by atoms with Crippen LogP contribution in [0.5, 0.6) is 11.5 Å². The van der Waals surface area contributed by atoms with Crippen LogP contribution in [0, 0.1) is 13.8 Å². The lowest BCUT2D eigenvalue weighted by atomic mass is 10.1. The average Bonchev–Trinajstić information content (AvgIpc) is 3.17. The zero-order chi connectivity index (χ0) is 17.2. The Hall–Kier alpha value is -3.15. The second-order valence-corrected chi connectivity index (χ2v) is 6.11. The van der Waals surface area contributed by atoms with E-state index in [4.69, 9.17) is 4.74 Å². The summed E-state index contributed by atoms with van der Waals surface area (Å²) >= 11 is 0. The molecule has 0 atom stereocenters. The Labute approximate surface area is 138 Å². The van der Waals surface area contributed by atoms with Gasteiger partial charge in [-0.3, -0.25) is 0 Å². The summed E-state index contributed by atoms with van der Waals surface area (Å²) in [5, 5.41) is 10.2. The van der Waals surface area contributed by atoms with Crippen molar-refractivity contribution in [3.63, 3.8) is 0 Å². The molecule has 6 nitrogen and oxygen atoms in total. The number of aromatic nitrogens is 3. The number of benzene rings is 2. The van der Waals surface area contributed by atoms with Gasteiger partial charge in [0.25, 0.3) is 0 Å². The van der Waals surface area contributed by atoms with Gasteiger partial charge in [-0.05, 0) is 56.2 Å². The molecule has 0 unspecified atom stereocenters. The Morgan fingerprint density at radius 1 is 1.08 bits per heavy atom. The van der Waals surface area contributed by atoms with E-state index in [0.29, 0.717) is 11.3 Å². The molecule has 0 aliphatic carbocycles. The van der Waals surface area contributed by atoms with Gasteiger partial charge in [-0.15, -0.1) is 14.1 Å². The smallest absolute Gasteiger partial charge is 0.338 e. The first kappa shape index (κ1) is 14.4. The summed E-state index contributed by atoms with van der Waals surface area (Å²) in [6.07, 6.45) is 0. The standard InChI is InChI=1S/C18H17N3O3/c1-10(2)18(23)24-13-5-6-14-15(9-13)20-19(14)21(20)16-7-11(3)12(4)8-17(16)22/h5-9,22H,1H2,2-4H3. The minimum absolute atomic E-state index is 0.229. The van der Waals surface area contributed by atoms with Gasteiger partial charge in [0.2, 0.25) is 0 Å². The first-order valence-electron chi connectivity index (χ1n) is 7.60. The molecule has 2 aromatic heterocycles. The molecule has 122 valence electrons. The molecule has 0 radical (unpaired) electrons. The van der Waals surface area contributed by atoms with Crippen molar-refractivity contribution in [2.75, 3.05) is 0 Å². The molecule has 0 saturated heterocycles. The van der Waals surface area contributed by atoms with Gasteiger partial charge in [0.1, 0.15) is 28.2 Å². The fraction of sp³-hybridized carbons (Fsp3) is 0.167. The van der Waals surface area contributed by atoms with Gasteiger partial charge in [-0.2, -0.15) is 0 Å². The van der Waals surface area contributed by atoms with E-state index in [0.717, 1.165) is 27.8 Å². The molecule has 6 heteroatoms. The quantitative estimate of drug-likeness (QED) is 0.358. The van der Waals surface area contributed by atoms with Gasteiger partial charge in [0, 0.05) is 11.6 Å². The molecule has 24 heavy (non-hydrogen) atoms. The van der Waals surface area contributed by atoms with E-state index < -0.39 is 5.97 Å². The van der Waals surface area contributed by atoms with Gasteiger partial charge in [-0.1, -0.05) is 6.58 Å². The highest BCUT2D eigenvalue weighted by Crippen LogP contribution is 2.33. The molecule has 2 heterocycles. The summed E-state index contributed by atoms with van der Waals surface area (Å²) in [6, 6.07) is 9.13. The number of hydrogen-bond donors (Lipinski definition) is 1. The number of rotatable bonds is 3. The fourth-order valence-corrected chi connectivity index (χ4v) is 2.73. The number of ether oxygens (including phenoxy) is 1. The Bertz CT molecular complexity index is 1110. The summed E-state index contributed by atoms with van der Waals surface area (Å²) < 4.78 is 9.09. The predicted molar refractivity (Wildman–Crippen MR) is 90.5 cm³/mol. The summed E-state index contributed by atoms with van der Waals surface area (Å²) in [5.74, 6) is 0.255. The molecule has 0 spiro atoms. The highest BCUT2D eigenvalue weighted by Gasteiger charge is 2.26. The highest BCUT2D eigenvalue weighted by atomic mass is 16.5. The second kappa shape index (κ2) is 4.67. The predicted octanol–water partition coefficient (Wildman–Crippen LogP) is 3.22. The maximum absolute atomic E-state index is 11.6. The third kappa shape index (κ3) is 1.93. The van der Waals surface area contributed by atoms with Gasteiger partial charge >= 0.3 is 5.97 Å². The number of phenolic OH excluding ortho intramolecular Hbond substituents is 1. The Morgan fingerprint density at radius 3 is 2.46 bits per heavy atom. The van der Waals surface area contributed by atoms with Crippen molar-refractivity contribution in [2.24, 2.45) is 0 Å². The van der Waals surface area contributed by atoms with E-state index in [9.17, 15) is 9.90 Å². The van der Waals surface area contributed by atoms with Crippen LogP contribution in [0.15, 0.2) is 42.5 Å². The van der Waals surface area contributed by atoms with Crippen molar-refractivity contribution < 1.29 is 14.6 Å². The third-order valence-corrected chi connectivity index (χ3v) is 4.25. The molecular formula is C18H17N3O3. The number of nitrogens with zero attached hydrogens (tertiary/aromatic N) is 3. The van der Waals surface area contributed by atoms with Crippen LogP contribution in [0.2, 0.25) is 0 Å². The Balaban J connectivity index is 1.75. The topological polar surface area (TPSA) is 60.3 Å². The number of fused-ring (bicyclic) bond motifs is 4.